The van der Waals surface area contributed by atoms with Gasteiger partial charge in [0.05, 0.1) is 16.1 Å². The van der Waals surface area contributed by atoms with Crippen LogP contribution < -0.4 is 5.32 Å². The molecule has 0 aliphatic carbocycles. The Bertz CT molecular complexity index is 490. The highest BCUT2D eigenvalue weighted by molar-refractivity contribution is 7.10. The van der Waals surface area contributed by atoms with Crippen LogP contribution in [0.4, 0.5) is 10.1 Å². The van der Waals surface area contributed by atoms with E-state index < -0.39 is 5.82 Å². The molecular weight excluding hydrogens is 280 g/mol. The molecule has 1 N–H and O–H groups in total. The SMILES string of the molecule is CC(Nc1cc(Cl)c(F)c(Cl)c1)c1cccs1. The minimum atomic E-state index is -0.581. The number of nitrogens with one attached hydrogen (secondary N) is 1. The molecule has 0 bridgehead atoms. The number of halogens is 3. The van der Waals surface area contributed by atoms with Crippen molar-refractivity contribution < 1.29 is 4.39 Å². The van der Waals surface area contributed by atoms with E-state index in [1.165, 1.54) is 17.0 Å². The van der Waals surface area contributed by atoms with Crippen LogP contribution in [0.1, 0.15) is 17.8 Å². The van der Waals surface area contributed by atoms with Gasteiger partial charge in [0.15, 0.2) is 5.82 Å². The van der Waals surface area contributed by atoms with E-state index in [1.54, 1.807) is 11.3 Å². The summed E-state index contributed by atoms with van der Waals surface area (Å²) < 4.78 is 13.2. The van der Waals surface area contributed by atoms with Gasteiger partial charge in [-0.15, -0.1) is 11.3 Å². The molecule has 17 heavy (non-hydrogen) atoms. The lowest BCUT2D eigenvalue weighted by Gasteiger charge is -2.14. The topological polar surface area (TPSA) is 12.0 Å². The number of rotatable bonds is 3. The zero-order valence-corrected chi connectivity index (χ0v) is 11.3. The lowest BCUT2D eigenvalue weighted by Crippen LogP contribution is -2.05. The van der Waals surface area contributed by atoms with Gasteiger partial charge in [-0.25, -0.2) is 4.39 Å². The first-order valence-electron chi connectivity index (χ1n) is 5.02. The summed E-state index contributed by atoms with van der Waals surface area (Å²) in [6.45, 7) is 2.02. The largest absolute Gasteiger partial charge is 0.378 e. The van der Waals surface area contributed by atoms with Crippen molar-refractivity contribution in [3.63, 3.8) is 0 Å². The van der Waals surface area contributed by atoms with Crippen molar-refractivity contribution in [1.82, 2.24) is 0 Å². The number of hydrogen-bond acceptors (Lipinski definition) is 2. The van der Waals surface area contributed by atoms with Gasteiger partial charge in [-0.05, 0) is 30.5 Å². The summed E-state index contributed by atoms with van der Waals surface area (Å²) in [6, 6.07) is 7.23. The monoisotopic (exact) mass is 289 g/mol. The molecule has 1 heterocycles. The molecule has 5 heteroatoms. The molecule has 2 aromatic rings. The van der Waals surface area contributed by atoms with Gasteiger partial charge in [0.2, 0.25) is 0 Å². The molecule has 0 aliphatic heterocycles. The minimum absolute atomic E-state index is 0.0263. The molecular formula is C12H10Cl2FNS. The van der Waals surface area contributed by atoms with Crippen molar-refractivity contribution in [2.45, 2.75) is 13.0 Å². The van der Waals surface area contributed by atoms with Gasteiger partial charge in [-0.2, -0.15) is 0 Å². The highest BCUT2D eigenvalue weighted by Gasteiger charge is 2.10. The number of anilines is 1. The predicted molar refractivity (Wildman–Crippen MR) is 72.8 cm³/mol. The summed E-state index contributed by atoms with van der Waals surface area (Å²) in [5, 5.41) is 5.29. The molecule has 90 valence electrons. The average Bonchev–Trinajstić information content (AvgIpc) is 2.79. The minimum Gasteiger partial charge on any atom is -0.378 e. The third-order valence-electron chi connectivity index (χ3n) is 2.34. The Morgan fingerprint density at radius 1 is 1.29 bits per heavy atom. The number of thiophene rings is 1. The molecule has 1 atom stereocenters. The zero-order valence-electron chi connectivity index (χ0n) is 9.01. The van der Waals surface area contributed by atoms with Crippen molar-refractivity contribution in [2.75, 3.05) is 5.32 Å². The van der Waals surface area contributed by atoms with Gasteiger partial charge in [0.1, 0.15) is 0 Å². The molecule has 1 unspecified atom stereocenters. The quantitative estimate of drug-likeness (QED) is 0.750. The lowest BCUT2D eigenvalue weighted by atomic mass is 10.2. The van der Waals surface area contributed by atoms with Crippen LogP contribution in [0.15, 0.2) is 29.6 Å². The fourth-order valence-electron chi connectivity index (χ4n) is 1.50. The van der Waals surface area contributed by atoms with Crippen LogP contribution in [-0.4, -0.2) is 0 Å². The number of hydrogen-bond donors (Lipinski definition) is 1. The van der Waals surface area contributed by atoms with Crippen molar-refractivity contribution in [1.29, 1.82) is 0 Å². The van der Waals surface area contributed by atoms with Crippen LogP contribution in [0.5, 0.6) is 0 Å². The Balaban J connectivity index is 2.19. The Labute approximate surface area is 113 Å². The van der Waals surface area contributed by atoms with Crippen molar-refractivity contribution in [3.8, 4) is 0 Å². The van der Waals surface area contributed by atoms with Crippen molar-refractivity contribution in [2.24, 2.45) is 0 Å². The Kier molecular flexibility index (Phi) is 3.92. The molecule has 0 fully saturated rings. The molecule has 0 saturated heterocycles. The standard InChI is InChI=1S/C12H10Cl2FNS/c1-7(11-3-2-4-17-11)16-8-5-9(13)12(15)10(14)6-8/h2-7,16H,1H3. The van der Waals surface area contributed by atoms with Gasteiger partial charge < -0.3 is 5.32 Å². The summed E-state index contributed by atoms with van der Waals surface area (Å²) >= 11 is 13.1. The molecule has 1 aromatic carbocycles. The van der Waals surface area contributed by atoms with Crippen LogP contribution in [0.25, 0.3) is 0 Å². The summed E-state index contributed by atoms with van der Waals surface area (Å²) in [6.07, 6.45) is 0. The Morgan fingerprint density at radius 2 is 1.94 bits per heavy atom. The van der Waals surface area contributed by atoms with E-state index in [0.717, 1.165) is 0 Å². The van der Waals surface area contributed by atoms with E-state index in [2.05, 4.69) is 5.32 Å². The first kappa shape index (κ1) is 12.7. The van der Waals surface area contributed by atoms with Crippen molar-refractivity contribution >= 4 is 40.2 Å². The van der Waals surface area contributed by atoms with Gasteiger partial charge in [0, 0.05) is 10.6 Å². The second-order valence-corrected chi connectivity index (χ2v) is 5.43. The van der Waals surface area contributed by atoms with Gasteiger partial charge in [-0.1, -0.05) is 29.3 Å². The van der Waals surface area contributed by atoms with E-state index in [1.807, 2.05) is 24.4 Å². The summed E-state index contributed by atoms with van der Waals surface area (Å²) in [4.78, 5) is 1.20. The average molecular weight is 290 g/mol. The van der Waals surface area contributed by atoms with Crippen LogP contribution in [0.2, 0.25) is 10.0 Å². The Morgan fingerprint density at radius 3 is 2.47 bits per heavy atom. The van der Waals surface area contributed by atoms with Gasteiger partial charge >= 0.3 is 0 Å². The molecule has 2 rings (SSSR count). The van der Waals surface area contributed by atoms with Crippen LogP contribution >= 0.6 is 34.5 Å². The maximum Gasteiger partial charge on any atom is 0.160 e. The normalized spacial score (nSPS) is 12.5. The molecule has 0 spiro atoms. The van der Waals surface area contributed by atoms with Gasteiger partial charge in [-0.3, -0.25) is 0 Å². The molecule has 0 amide bonds. The third-order valence-corrected chi connectivity index (χ3v) is 3.94. The summed E-state index contributed by atoms with van der Waals surface area (Å²) in [7, 11) is 0. The second-order valence-electron chi connectivity index (χ2n) is 3.64. The second kappa shape index (κ2) is 5.25. The maximum atomic E-state index is 13.2. The molecule has 0 radical (unpaired) electrons. The summed E-state index contributed by atoms with van der Waals surface area (Å²) in [5.41, 5.74) is 0.710. The van der Waals surface area contributed by atoms with Gasteiger partial charge in [0.25, 0.3) is 0 Å². The van der Waals surface area contributed by atoms with Crippen LogP contribution in [-0.2, 0) is 0 Å². The summed E-state index contributed by atoms with van der Waals surface area (Å²) in [5.74, 6) is -0.581. The highest BCUT2D eigenvalue weighted by Crippen LogP contribution is 2.30. The molecule has 1 nitrogen and oxygen atoms in total. The fraction of sp³-hybridized carbons (Fsp3) is 0.167. The molecule has 1 aromatic heterocycles. The zero-order chi connectivity index (χ0) is 12.4. The smallest absolute Gasteiger partial charge is 0.160 e. The Hall–Kier alpha value is -0.770. The highest BCUT2D eigenvalue weighted by atomic mass is 35.5. The van der Waals surface area contributed by atoms with E-state index in [0.29, 0.717) is 5.69 Å². The van der Waals surface area contributed by atoms with E-state index >= 15 is 0 Å². The first-order valence-corrected chi connectivity index (χ1v) is 6.66. The molecule has 0 saturated carbocycles. The third kappa shape index (κ3) is 2.92. The first-order chi connectivity index (χ1) is 8.08. The fourth-order valence-corrected chi connectivity index (χ4v) is 2.72. The maximum absolute atomic E-state index is 13.2. The van der Waals surface area contributed by atoms with E-state index in [9.17, 15) is 4.39 Å². The van der Waals surface area contributed by atoms with Crippen LogP contribution in [0.3, 0.4) is 0 Å². The predicted octanol–water partition coefficient (Wildman–Crippen LogP) is 5.37. The molecule has 0 aliphatic rings. The van der Waals surface area contributed by atoms with E-state index in [-0.39, 0.29) is 16.1 Å². The van der Waals surface area contributed by atoms with E-state index in [4.69, 9.17) is 23.2 Å². The van der Waals surface area contributed by atoms with Crippen molar-refractivity contribution in [3.05, 3.63) is 50.4 Å². The van der Waals surface area contributed by atoms with Crippen LogP contribution in [0, 0.1) is 5.82 Å². The lowest BCUT2D eigenvalue weighted by molar-refractivity contribution is 0.628. The number of benzene rings is 1.